The Morgan fingerprint density at radius 3 is 3.00 bits per heavy atom. The van der Waals surface area contributed by atoms with E-state index in [1.54, 1.807) is 41.4 Å². The molecule has 0 unspecified atom stereocenters. The second kappa shape index (κ2) is 6.92. The first-order valence-electron chi connectivity index (χ1n) is 8.38. The maximum atomic E-state index is 13.5. The van der Waals surface area contributed by atoms with Crippen LogP contribution in [0.1, 0.15) is 21.7 Å². The predicted molar refractivity (Wildman–Crippen MR) is 100 cm³/mol. The van der Waals surface area contributed by atoms with Gasteiger partial charge in [0, 0.05) is 31.0 Å². The number of aryl methyl sites for hydroxylation is 2. The fraction of sp³-hybridized carbons (Fsp3) is 0.222. The second-order valence-electron chi connectivity index (χ2n) is 6.19. The van der Waals surface area contributed by atoms with E-state index >= 15 is 0 Å². The minimum absolute atomic E-state index is 0.249. The molecule has 3 heterocycles. The van der Waals surface area contributed by atoms with Crippen LogP contribution in [-0.2, 0) is 13.5 Å². The van der Waals surface area contributed by atoms with Crippen molar-refractivity contribution in [1.29, 1.82) is 0 Å². The van der Waals surface area contributed by atoms with Crippen LogP contribution in [0.15, 0.2) is 36.0 Å². The van der Waals surface area contributed by atoms with E-state index in [1.165, 1.54) is 23.7 Å². The third kappa shape index (κ3) is 3.33. The second-order valence-corrected chi connectivity index (χ2v) is 7.03. The summed E-state index contributed by atoms with van der Waals surface area (Å²) < 4.78 is 16.9. The molecule has 7 nitrogen and oxygen atoms in total. The molecule has 0 aliphatic heterocycles. The Labute approximate surface area is 158 Å². The lowest BCUT2D eigenvalue weighted by Gasteiger charge is -2.03. The number of halogens is 1. The normalized spacial score (nSPS) is 11.2. The first-order chi connectivity index (χ1) is 13.0. The molecule has 0 bridgehead atoms. The van der Waals surface area contributed by atoms with Gasteiger partial charge in [-0.25, -0.2) is 13.9 Å². The molecule has 138 valence electrons. The van der Waals surface area contributed by atoms with Gasteiger partial charge in [0.2, 0.25) is 4.96 Å². The van der Waals surface area contributed by atoms with E-state index in [0.717, 1.165) is 21.9 Å². The summed E-state index contributed by atoms with van der Waals surface area (Å²) in [7, 11) is 1.76. The van der Waals surface area contributed by atoms with Crippen molar-refractivity contribution in [2.45, 2.75) is 13.3 Å². The zero-order valence-electron chi connectivity index (χ0n) is 14.8. The molecular weight excluding hydrogens is 367 g/mol. The molecule has 27 heavy (non-hydrogen) atoms. The van der Waals surface area contributed by atoms with Gasteiger partial charge in [-0.2, -0.15) is 10.2 Å². The minimum Gasteiger partial charge on any atom is -0.350 e. The molecule has 0 radical (unpaired) electrons. The predicted octanol–water partition coefficient (Wildman–Crippen LogP) is 2.61. The van der Waals surface area contributed by atoms with Gasteiger partial charge in [-0.05, 0) is 36.8 Å². The van der Waals surface area contributed by atoms with Crippen molar-refractivity contribution in [3.63, 3.8) is 0 Å². The Morgan fingerprint density at radius 2 is 2.19 bits per heavy atom. The number of aromatic nitrogens is 5. The monoisotopic (exact) mass is 384 g/mol. The summed E-state index contributed by atoms with van der Waals surface area (Å²) in [4.78, 5) is 17.4. The molecule has 1 N–H and O–H groups in total. The minimum atomic E-state index is -0.256. The highest BCUT2D eigenvalue weighted by atomic mass is 32.1. The molecule has 0 atom stereocenters. The van der Waals surface area contributed by atoms with Crippen LogP contribution in [0.4, 0.5) is 4.39 Å². The Bertz CT molecular complexity index is 1130. The van der Waals surface area contributed by atoms with Gasteiger partial charge in [-0.3, -0.25) is 9.48 Å². The number of carbonyl (C=O) groups excluding carboxylic acids is 1. The van der Waals surface area contributed by atoms with E-state index in [-0.39, 0.29) is 11.7 Å². The quantitative estimate of drug-likeness (QED) is 0.574. The number of nitrogens with zero attached hydrogens (tertiary/aromatic N) is 5. The molecule has 9 heteroatoms. The third-order valence-corrected chi connectivity index (χ3v) is 5.20. The summed E-state index contributed by atoms with van der Waals surface area (Å²) in [5.41, 5.74) is 3.44. The van der Waals surface area contributed by atoms with Gasteiger partial charge in [-0.1, -0.05) is 0 Å². The first kappa shape index (κ1) is 17.3. The van der Waals surface area contributed by atoms with Crippen LogP contribution in [0.3, 0.4) is 0 Å². The zero-order chi connectivity index (χ0) is 19.0. The molecule has 0 aliphatic rings. The first-order valence-corrected chi connectivity index (χ1v) is 9.26. The average Bonchev–Trinajstić information content (AvgIpc) is 3.34. The molecular formula is C18H17FN6OS. The molecule has 4 aromatic rings. The van der Waals surface area contributed by atoms with Gasteiger partial charge in [0.1, 0.15) is 12.1 Å². The largest absolute Gasteiger partial charge is 0.350 e. The van der Waals surface area contributed by atoms with Gasteiger partial charge in [0.25, 0.3) is 5.91 Å². The third-order valence-electron chi connectivity index (χ3n) is 4.32. The number of hydrogen-bond acceptors (Lipinski definition) is 5. The van der Waals surface area contributed by atoms with Crippen molar-refractivity contribution in [1.82, 2.24) is 29.7 Å². The molecule has 0 fully saturated rings. The Kier molecular flexibility index (Phi) is 4.44. The van der Waals surface area contributed by atoms with Crippen molar-refractivity contribution in [3.05, 3.63) is 58.7 Å². The number of hydrogen-bond donors (Lipinski definition) is 1. The van der Waals surface area contributed by atoms with Gasteiger partial charge in [0.15, 0.2) is 5.69 Å². The highest BCUT2D eigenvalue weighted by Crippen LogP contribution is 2.22. The van der Waals surface area contributed by atoms with E-state index in [1.807, 2.05) is 5.38 Å². The number of carbonyl (C=O) groups is 1. The van der Waals surface area contributed by atoms with Crippen LogP contribution >= 0.6 is 11.3 Å². The highest BCUT2D eigenvalue weighted by Gasteiger charge is 2.15. The molecule has 4 rings (SSSR count). The summed E-state index contributed by atoms with van der Waals surface area (Å²) >= 11 is 1.52. The number of rotatable bonds is 5. The van der Waals surface area contributed by atoms with Crippen LogP contribution in [0.5, 0.6) is 0 Å². The summed E-state index contributed by atoms with van der Waals surface area (Å²) in [6.45, 7) is 2.17. The Hall–Kier alpha value is -3.07. The van der Waals surface area contributed by atoms with Gasteiger partial charge >= 0.3 is 0 Å². The van der Waals surface area contributed by atoms with E-state index < -0.39 is 0 Å². The van der Waals surface area contributed by atoms with Crippen LogP contribution < -0.4 is 5.32 Å². The fourth-order valence-corrected chi connectivity index (χ4v) is 3.72. The number of thiazole rings is 1. The number of fused-ring (bicyclic) bond motifs is 1. The van der Waals surface area contributed by atoms with Crippen LogP contribution in [0.2, 0.25) is 0 Å². The molecule has 1 amide bonds. The summed E-state index contributed by atoms with van der Waals surface area (Å²) in [5, 5.41) is 13.3. The van der Waals surface area contributed by atoms with Crippen molar-refractivity contribution in [2.75, 3.05) is 6.54 Å². The van der Waals surface area contributed by atoms with E-state index in [4.69, 9.17) is 0 Å². The standard InChI is InChI=1S/C18H17FN6OS/c1-11-7-12(3-4-14(11)19)16-8-15(23-24(16)2)17(26)20-6-5-13-9-27-18-21-10-22-25(13)18/h3-4,7-10H,5-6H2,1-2H3,(H,20,26). The maximum absolute atomic E-state index is 13.5. The van der Waals surface area contributed by atoms with Crippen molar-refractivity contribution >= 4 is 22.2 Å². The highest BCUT2D eigenvalue weighted by molar-refractivity contribution is 7.15. The molecule has 0 saturated carbocycles. The Balaban J connectivity index is 1.44. The smallest absolute Gasteiger partial charge is 0.271 e. The van der Waals surface area contributed by atoms with Gasteiger partial charge in [0.05, 0.1) is 11.4 Å². The lowest BCUT2D eigenvalue weighted by molar-refractivity contribution is 0.0948. The number of amides is 1. The van der Waals surface area contributed by atoms with Crippen molar-refractivity contribution in [2.24, 2.45) is 7.05 Å². The maximum Gasteiger partial charge on any atom is 0.271 e. The van der Waals surface area contributed by atoms with Gasteiger partial charge < -0.3 is 5.32 Å². The molecule has 1 aromatic carbocycles. The lowest BCUT2D eigenvalue weighted by atomic mass is 10.1. The lowest BCUT2D eigenvalue weighted by Crippen LogP contribution is -2.26. The summed E-state index contributed by atoms with van der Waals surface area (Å²) in [6, 6.07) is 6.56. The van der Waals surface area contributed by atoms with Crippen LogP contribution in [0.25, 0.3) is 16.2 Å². The molecule has 0 spiro atoms. The molecule has 0 saturated heterocycles. The average molecular weight is 384 g/mol. The van der Waals surface area contributed by atoms with Crippen LogP contribution in [0, 0.1) is 12.7 Å². The topological polar surface area (TPSA) is 77.1 Å². The Morgan fingerprint density at radius 1 is 1.33 bits per heavy atom. The number of nitrogens with one attached hydrogen (secondary N) is 1. The summed E-state index contributed by atoms with van der Waals surface area (Å²) in [5.74, 6) is -0.505. The molecule has 3 aromatic heterocycles. The fourth-order valence-electron chi connectivity index (χ4n) is 2.89. The van der Waals surface area contributed by atoms with E-state index in [2.05, 4.69) is 20.5 Å². The van der Waals surface area contributed by atoms with Crippen LogP contribution in [-0.4, -0.2) is 36.8 Å². The zero-order valence-corrected chi connectivity index (χ0v) is 15.6. The SMILES string of the molecule is Cc1cc(-c2cc(C(=O)NCCc3csc4ncnn34)nn2C)ccc1F. The van der Waals surface area contributed by atoms with E-state index in [9.17, 15) is 9.18 Å². The van der Waals surface area contributed by atoms with Crippen molar-refractivity contribution < 1.29 is 9.18 Å². The number of benzene rings is 1. The molecule has 0 aliphatic carbocycles. The van der Waals surface area contributed by atoms with Gasteiger partial charge in [-0.15, -0.1) is 11.3 Å². The van der Waals surface area contributed by atoms with E-state index in [0.29, 0.717) is 24.2 Å². The van der Waals surface area contributed by atoms with Crippen molar-refractivity contribution in [3.8, 4) is 11.3 Å². The summed E-state index contributed by atoms with van der Waals surface area (Å²) in [6.07, 6.45) is 2.16.